The topological polar surface area (TPSA) is 66.8 Å². The summed E-state index contributed by atoms with van der Waals surface area (Å²) < 4.78 is 6.14. The molecule has 2 bridgehead atoms. The molecule has 0 aromatic heterocycles. The second kappa shape index (κ2) is 6.63. The van der Waals surface area contributed by atoms with E-state index in [1.165, 1.54) is 38.5 Å². The van der Waals surface area contributed by atoms with Crippen LogP contribution in [0.15, 0.2) is 0 Å². The smallest absolute Gasteiger partial charge is 0.309 e. The largest absolute Gasteiger partial charge is 0.481 e. The van der Waals surface area contributed by atoms with E-state index in [4.69, 9.17) is 4.74 Å². The quantitative estimate of drug-likeness (QED) is 0.448. The minimum atomic E-state index is -0.900. The van der Waals surface area contributed by atoms with Crippen LogP contribution >= 0.6 is 0 Å². The summed E-state index contributed by atoms with van der Waals surface area (Å²) in [4.78, 5) is 12.3. The molecule has 4 nitrogen and oxygen atoms in total. The van der Waals surface area contributed by atoms with Gasteiger partial charge in [0, 0.05) is 17.8 Å². The summed E-state index contributed by atoms with van der Waals surface area (Å²) in [5, 5.41) is 21.3. The highest BCUT2D eigenvalue weighted by Crippen LogP contribution is 2.79. The first-order valence-corrected chi connectivity index (χ1v) is 14.3. The van der Waals surface area contributed by atoms with Crippen molar-refractivity contribution in [1.29, 1.82) is 0 Å². The van der Waals surface area contributed by atoms with E-state index in [0.29, 0.717) is 17.8 Å². The molecule has 1 saturated heterocycles. The summed E-state index contributed by atoms with van der Waals surface area (Å²) in [6.45, 7) is 15.3. The Bertz CT molecular complexity index is 917. The van der Waals surface area contributed by atoms with Gasteiger partial charge in [0.25, 0.3) is 0 Å². The molecule has 34 heavy (non-hydrogen) atoms. The molecule has 5 unspecified atom stereocenters. The number of rotatable bonds is 1. The highest BCUT2D eigenvalue weighted by atomic mass is 16.6. The molecule has 192 valence electrons. The second-order valence-corrected chi connectivity index (χ2v) is 15.4. The van der Waals surface area contributed by atoms with Crippen molar-refractivity contribution < 1.29 is 19.7 Å². The van der Waals surface area contributed by atoms with Gasteiger partial charge in [-0.15, -0.1) is 0 Å². The molecular weight excluding hydrogens is 424 g/mol. The third kappa shape index (κ3) is 2.51. The molecule has 4 heteroatoms. The second-order valence-electron chi connectivity index (χ2n) is 15.4. The van der Waals surface area contributed by atoms with Crippen LogP contribution in [0.2, 0.25) is 0 Å². The summed E-state index contributed by atoms with van der Waals surface area (Å²) in [7, 11) is 0. The van der Waals surface area contributed by atoms with E-state index < -0.39 is 17.2 Å². The van der Waals surface area contributed by atoms with Crippen LogP contribution in [-0.2, 0) is 9.53 Å². The van der Waals surface area contributed by atoms with Crippen LogP contribution in [0, 0.1) is 56.2 Å². The van der Waals surface area contributed by atoms with Crippen molar-refractivity contribution in [2.75, 3.05) is 6.61 Å². The zero-order valence-corrected chi connectivity index (χ0v) is 22.5. The average Bonchev–Trinajstić information content (AvgIpc) is 2.92. The number of hydrogen-bond acceptors (Lipinski definition) is 3. The third-order valence-corrected chi connectivity index (χ3v) is 14.6. The monoisotopic (exact) mass is 472 g/mol. The first-order valence-electron chi connectivity index (χ1n) is 14.3. The van der Waals surface area contributed by atoms with Crippen LogP contribution in [0.5, 0.6) is 0 Å². The Morgan fingerprint density at radius 2 is 1.41 bits per heavy atom. The van der Waals surface area contributed by atoms with Crippen molar-refractivity contribution >= 4 is 5.97 Å². The van der Waals surface area contributed by atoms with Crippen LogP contribution in [0.3, 0.4) is 0 Å². The molecule has 6 fully saturated rings. The van der Waals surface area contributed by atoms with Crippen molar-refractivity contribution in [3.63, 3.8) is 0 Å². The van der Waals surface area contributed by atoms with E-state index in [2.05, 4.69) is 34.6 Å². The molecule has 1 spiro atoms. The number of carbonyl (C=O) groups is 1. The lowest BCUT2D eigenvalue weighted by atomic mass is 9.30. The fourth-order valence-corrected chi connectivity index (χ4v) is 11.9. The standard InChI is InChI=1S/C30H48O4/c1-19-29-9-7-20-26(4,21(29)8-10-30(19,33)34-18-29)14-16-28(6)22-17-25(3,23(31)32)12-11-24(22,2)13-15-27(20,28)5/h19-22,33H,7-18H2,1-6H3,(H,31,32)/t19-,20?,21?,22?,24-,25-,26-,27-,28+,29?,30?/m1/s1. The first-order chi connectivity index (χ1) is 15.7. The maximum atomic E-state index is 12.3. The average molecular weight is 473 g/mol. The normalized spacial score (nSPS) is 62.7. The molecule has 1 heterocycles. The summed E-state index contributed by atoms with van der Waals surface area (Å²) >= 11 is 0. The van der Waals surface area contributed by atoms with E-state index in [0.717, 1.165) is 38.7 Å². The van der Waals surface area contributed by atoms with Crippen molar-refractivity contribution in [2.24, 2.45) is 56.2 Å². The molecule has 6 aliphatic rings. The fraction of sp³-hybridized carbons (Fsp3) is 0.967. The Hall–Kier alpha value is -0.610. The van der Waals surface area contributed by atoms with E-state index in [1.54, 1.807) is 0 Å². The van der Waals surface area contributed by atoms with E-state index in [-0.39, 0.29) is 33.0 Å². The molecule has 2 N–H and O–H groups in total. The summed E-state index contributed by atoms with van der Waals surface area (Å²) in [6.07, 6.45) is 12.0. The van der Waals surface area contributed by atoms with Gasteiger partial charge in [-0.3, -0.25) is 4.79 Å². The van der Waals surface area contributed by atoms with Gasteiger partial charge in [-0.1, -0.05) is 34.6 Å². The molecule has 6 rings (SSSR count). The number of fused-ring (bicyclic) bond motifs is 7. The highest BCUT2D eigenvalue weighted by molar-refractivity contribution is 5.74. The number of aliphatic carboxylic acids is 1. The van der Waals surface area contributed by atoms with Crippen molar-refractivity contribution in [3.8, 4) is 0 Å². The number of ether oxygens (including phenoxy) is 1. The Kier molecular flexibility index (Phi) is 4.63. The number of carboxylic acids is 1. The first kappa shape index (κ1) is 23.8. The van der Waals surface area contributed by atoms with Crippen LogP contribution in [0.4, 0.5) is 0 Å². The van der Waals surface area contributed by atoms with E-state index in [9.17, 15) is 15.0 Å². The molecule has 0 radical (unpaired) electrons. The molecule has 11 atom stereocenters. The lowest BCUT2D eigenvalue weighted by Crippen LogP contribution is -2.68. The van der Waals surface area contributed by atoms with Gasteiger partial charge in [0.2, 0.25) is 0 Å². The summed E-state index contributed by atoms with van der Waals surface area (Å²) in [6, 6.07) is 0. The van der Waals surface area contributed by atoms with Gasteiger partial charge in [0.15, 0.2) is 5.79 Å². The van der Waals surface area contributed by atoms with Crippen LogP contribution in [0.25, 0.3) is 0 Å². The van der Waals surface area contributed by atoms with Gasteiger partial charge in [-0.2, -0.15) is 0 Å². The predicted molar refractivity (Wildman–Crippen MR) is 132 cm³/mol. The zero-order valence-electron chi connectivity index (χ0n) is 22.5. The Morgan fingerprint density at radius 3 is 2.12 bits per heavy atom. The summed E-state index contributed by atoms with van der Waals surface area (Å²) in [5.74, 6) is 0.525. The third-order valence-electron chi connectivity index (χ3n) is 14.6. The Labute approximate surface area is 206 Å². The van der Waals surface area contributed by atoms with Crippen molar-refractivity contribution in [2.45, 2.75) is 118 Å². The lowest BCUT2D eigenvalue weighted by molar-refractivity contribution is -0.267. The highest BCUT2D eigenvalue weighted by Gasteiger charge is 2.74. The van der Waals surface area contributed by atoms with Crippen LogP contribution < -0.4 is 0 Å². The SMILES string of the molecule is C[C@H]1C2(O)CCC3C1(CCC1[C@@]3(C)CC[C@@]3(C)C4C[C@](C)(C(=O)O)CC[C@]4(C)CC[C@]13C)CO2. The van der Waals surface area contributed by atoms with Crippen LogP contribution in [-0.4, -0.2) is 28.6 Å². The Morgan fingerprint density at radius 1 is 0.794 bits per heavy atom. The van der Waals surface area contributed by atoms with Gasteiger partial charge in [0.1, 0.15) is 0 Å². The van der Waals surface area contributed by atoms with Gasteiger partial charge in [0.05, 0.1) is 12.0 Å². The van der Waals surface area contributed by atoms with Gasteiger partial charge >= 0.3 is 5.97 Å². The molecule has 0 aromatic carbocycles. The van der Waals surface area contributed by atoms with Crippen molar-refractivity contribution in [3.05, 3.63) is 0 Å². The van der Waals surface area contributed by atoms with Gasteiger partial charge in [-0.05, 0) is 111 Å². The Balaban J connectivity index is 1.39. The van der Waals surface area contributed by atoms with E-state index >= 15 is 0 Å². The van der Waals surface area contributed by atoms with Gasteiger partial charge < -0.3 is 14.9 Å². The number of aliphatic hydroxyl groups is 1. The zero-order chi connectivity index (χ0) is 24.6. The minimum Gasteiger partial charge on any atom is -0.481 e. The molecule has 1 aliphatic heterocycles. The predicted octanol–water partition coefficient (Wildman–Crippen LogP) is 6.65. The maximum absolute atomic E-state index is 12.3. The summed E-state index contributed by atoms with van der Waals surface area (Å²) in [5.41, 5.74) is 0.569. The lowest BCUT2D eigenvalue weighted by Gasteiger charge is -2.74. The number of carboxylic acid groups (broad SMARTS) is 1. The van der Waals surface area contributed by atoms with Gasteiger partial charge in [-0.25, -0.2) is 0 Å². The molecular formula is C30H48O4. The molecule has 0 aromatic rings. The van der Waals surface area contributed by atoms with Crippen LogP contribution in [0.1, 0.15) is 112 Å². The maximum Gasteiger partial charge on any atom is 0.309 e. The van der Waals surface area contributed by atoms with E-state index in [1.807, 2.05) is 6.92 Å². The fourth-order valence-electron chi connectivity index (χ4n) is 11.9. The number of hydrogen-bond donors (Lipinski definition) is 2. The van der Waals surface area contributed by atoms with Crippen molar-refractivity contribution in [1.82, 2.24) is 0 Å². The molecule has 5 saturated carbocycles. The molecule has 0 amide bonds. The molecule has 5 aliphatic carbocycles. The minimum absolute atomic E-state index is 0.137.